The van der Waals surface area contributed by atoms with Crippen molar-refractivity contribution < 1.29 is 10.2 Å². The van der Waals surface area contributed by atoms with Crippen molar-refractivity contribution in [2.45, 2.75) is 38.4 Å². The number of aliphatic hydroxyl groups is 2. The predicted molar refractivity (Wildman–Crippen MR) is 43.9 cm³/mol. The summed E-state index contributed by atoms with van der Waals surface area (Å²) in [6.45, 7) is 5.85. The summed E-state index contributed by atoms with van der Waals surface area (Å²) in [6.07, 6.45) is 4.50. The molecule has 0 aliphatic heterocycles. The molecular formula is C9H16O2. The third-order valence-corrected chi connectivity index (χ3v) is 2.69. The average Bonchev–Trinajstić information content (AvgIpc) is 1.97. The normalized spacial score (nSPS) is 27.9. The van der Waals surface area contributed by atoms with Crippen LogP contribution in [0, 0.1) is 5.41 Å². The molecule has 11 heavy (non-hydrogen) atoms. The van der Waals surface area contributed by atoms with Crippen molar-refractivity contribution in [1.82, 2.24) is 0 Å². The smallest absolute Gasteiger partial charge is 0.162 e. The van der Waals surface area contributed by atoms with E-state index in [1.807, 2.05) is 6.08 Å². The zero-order chi connectivity index (χ0) is 8.54. The lowest BCUT2D eigenvalue weighted by Crippen LogP contribution is -2.36. The highest BCUT2D eigenvalue weighted by atomic mass is 16.5. The maximum Gasteiger partial charge on any atom is 0.162 e. The molecule has 2 N–H and O–H groups in total. The highest BCUT2D eigenvalue weighted by molar-refractivity contribution is 4.96. The van der Waals surface area contributed by atoms with Crippen molar-refractivity contribution >= 4 is 0 Å². The van der Waals surface area contributed by atoms with E-state index < -0.39 is 5.79 Å². The van der Waals surface area contributed by atoms with Crippen LogP contribution in [0.25, 0.3) is 0 Å². The molecule has 1 aliphatic rings. The largest absolute Gasteiger partial charge is 0.366 e. The van der Waals surface area contributed by atoms with Gasteiger partial charge in [-0.25, -0.2) is 0 Å². The highest BCUT2D eigenvalue weighted by Crippen LogP contribution is 2.39. The first-order valence-electron chi connectivity index (χ1n) is 4.06. The minimum Gasteiger partial charge on any atom is -0.366 e. The second-order valence-corrected chi connectivity index (χ2v) is 3.84. The lowest BCUT2D eigenvalue weighted by Gasteiger charge is -2.37. The molecule has 0 spiro atoms. The molecule has 0 aromatic rings. The van der Waals surface area contributed by atoms with Gasteiger partial charge in [-0.05, 0) is 18.3 Å². The Morgan fingerprint density at radius 2 is 1.64 bits per heavy atom. The van der Waals surface area contributed by atoms with Crippen molar-refractivity contribution in [1.29, 1.82) is 0 Å². The van der Waals surface area contributed by atoms with E-state index in [0.717, 1.165) is 12.8 Å². The molecule has 64 valence electrons. The van der Waals surface area contributed by atoms with Crippen molar-refractivity contribution in [3.05, 3.63) is 12.7 Å². The molecule has 2 heteroatoms. The standard InChI is InChI=1S/C9H16O2/c1-3-8(2)4-6-9(10,11)7-5-8/h3,10-11H,1,4-7H2,2H3. The molecule has 1 fully saturated rings. The van der Waals surface area contributed by atoms with Crippen LogP contribution in [0.1, 0.15) is 32.6 Å². The summed E-state index contributed by atoms with van der Waals surface area (Å²) in [5.41, 5.74) is 0.120. The van der Waals surface area contributed by atoms with Crippen molar-refractivity contribution in [2.75, 3.05) is 0 Å². The third kappa shape index (κ3) is 2.04. The lowest BCUT2D eigenvalue weighted by molar-refractivity contribution is -0.190. The summed E-state index contributed by atoms with van der Waals surface area (Å²) >= 11 is 0. The molecule has 0 amide bonds. The van der Waals surface area contributed by atoms with Crippen LogP contribution >= 0.6 is 0 Å². The Morgan fingerprint density at radius 3 is 2.00 bits per heavy atom. The number of allylic oxidation sites excluding steroid dienone is 1. The predicted octanol–water partition coefficient (Wildman–Crippen LogP) is 1.43. The maximum absolute atomic E-state index is 9.22. The van der Waals surface area contributed by atoms with Crippen molar-refractivity contribution in [2.24, 2.45) is 5.41 Å². The van der Waals surface area contributed by atoms with Crippen LogP contribution in [-0.2, 0) is 0 Å². The monoisotopic (exact) mass is 156 g/mol. The van der Waals surface area contributed by atoms with E-state index in [4.69, 9.17) is 0 Å². The van der Waals surface area contributed by atoms with Crippen LogP contribution < -0.4 is 0 Å². The van der Waals surface area contributed by atoms with E-state index in [9.17, 15) is 10.2 Å². The van der Waals surface area contributed by atoms with E-state index in [2.05, 4.69) is 13.5 Å². The van der Waals surface area contributed by atoms with Gasteiger partial charge in [-0.2, -0.15) is 0 Å². The zero-order valence-electron chi connectivity index (χ0n) is 7.01. The zero-order valence-corrected chi connectivity index (χ0v) is 7.01. The summed E-state index contributed by atoms with van der Waals surface area (Å²) in [4.78, 5) is 0. The first kappa shape index (κ1) is 8.75. The molecule has 2 nitrogen and oxygen atoms in total. The van der Waals surface area contributed by atoms with Crippen molar-refractivity contribution in [3.8, 4) is 0 Å². The molecule has 0 unspecified atom stereocenters. The summed E-state index contributed by atoms with van der Waals surface area (Å²) in [5, 5.41) is 18.4. The Balaban J connectivity index is 2.54. The van der Waals surface area contributed by atoms with Crippen LogP contribution in [0.2, 0.25) is 0 Å². The fraction of sp³-hybridized carbons (Fsp3) is 0.778. The summed E-state index contributed by atoms with van der Waals surface area (Å²) in [6, 6.07) is 0. The molecule has 0 radical (unpaired) electrons. The van der Waals surface area contributed by atoms with Crippen LogP contribution in [0.4, 0.5) is 0 Å². The number of hydrogen-bond donors (Lipinski definition) is 2. The molecule has 0 aromatic heterocycles. The fourth-order valence-electron chi connectivity index (χ4n) is 1.43. The van der Waals surface area contributed by atoms with Crippen LogP contribution in [0.3, 0.4) is 0 Å². The van der Waals surface area contributed by atoms with Gasteiger partial charge in [0.1, 0.15) is 0 Å². The molecular weight excluding hydrogens is 140 g/mol. The highest BCUT2D eigenvalue weighted by Gasteiger charge is 2.35. The molecule has 0 bridgehead atoms. The lowest BCUT2D eigenvalue weighted by atomic mass is 9.74. The van der Waals surface area contributed by atoms with Gasteiger partial charge < -0.3 is 10.2 Å². The summed E-state index contributed by atoms with van der Waals surface area (Å²) < 4.78 is 0. The second-order valence-electron chi connectivity index (χ2n) is 3.84. The molecule has 0 atom stereocenters. The van der Waals surface area contributed by atoms with E-state index in [1.165, 1.54) is 0 Å². The Kier molecular flexibility index (Phi) is 2.08. The van der Waals surface area contributed by atoms with Gasteiger partial charge in [0.2, 0.25) is 0 Å². The number of rotatable bonds is 1. The maximum atomic E-state index is 9.22. The molecule has 1 saturated carbocycles. The molecule has 1 aliphatic carbocycles. The fourth-order valence-corrected chi connectivity index (χ4v) is 1.43. The molecule has 0 heterocycles. The Bertz CT molecular complexity index is 151. The van der Waals surface area contributed by atoms with Gasteiger partial charge in [-0.1, -0.05) is 13.0 Å². The number of hydrogen-bond acceptors (Lipinski definition) is 2. The third-order valence-electron chi connectivity index (χ3n) is 2.69. The summed E-state index contributed by atoms with van der Waals surface area (Å²) in [7, 11) is 0. The summed E-state index contributed by atoms with van der Waals surface area (Å²) in [5.74, 6) is -1.41. The van der Waals surface area contributed by atoms with E-state index in [-0.39, 0.29) is 5.41 Å². The first-order chi connectivity index (χ1) is 4.97. The van der Waals surface area contributed by atoms with Crippen LogP contribution in [0.15, 0.2) is 12.7 Å². The Morgan fingerprint density at radius 1 is 1.18 bits per heavy atom. The van der Waals surface area contributed by atoms with Gasteiger partial charge in [0.05, 0.1) is 0 Å². The van der Waals surface area contributed by atoms with E-state index in [1.54, 1.807) is 0 Å². The van der Waals surface area contributed by atoms with Gasteiger partial charge in [0.15, 0.2) is 5.79 Å². The van der Waals surface area contributed by atoms with Crippen LogP contribution in [-0.4, -0.2) is 16.0 Å². The average molecular weight is 156 g/mol. The van der Waals surface area contributed by atoms with Gasteiger partial charge in [-0.3, -0.25) is 0 Å². The van der Waals surface area contributed by atoms with E-state index in [0.29, 0.717) is 12.8 Å². The van der Waals surface area contributed by atoms with Gasteiger partial charge in [-0.15, -0.1) is 6.58 Å². The Labute approximate surface area is 67.6 Å². The minimum absolute atomic E-state index is 0.120. The second kappa shape index (κ2) is 2.61. The molecule has 1 rings (SSSR count). The quantitative estimate of drug-likeness (QED) is 0.445. The molecule has 0 saturated heterocycles. The van der Waals surface area contributed by atoms with Gasteiger partial charge in [0, 0.05) is 12.8 Å². The minimum atomic E-state index is -1.41. The van der Waals surface area contributed by atoms with E-state index >= 15 is 0 Å². The topological polar surface area (TPSA) is 40.5 Å². The van der Waals surface area contributed by atoms with Gasteiger partial charge in [0.25, 0.3) is 0 Å². The SMILES string of the molecule is C=CC1(C)CCC(O)(O)CC1. The Hall–Kier alpha value is -0.340. The van der Waals surface area contributed by atoms with Crippen molar-refractivity contribution in [3.63, 3.8) is 0 Å². The van der Waals surface area contributed by atoms with Crippen LogP contribution in [0.5, 0.6) is 0 Å². The molecule has 0 aromatic carbocycles. The van der Waals surface area contributed by atoms with Gasteiger partial charge >= 0.3 is 0 Å². The first-order valence-corrected chi connectivity index (χ1v) is 4.06.